The van der Waals surface area contributed by atoms with Crippen LogP contribution in [0.15, 0.2) is 0 Å². The van der Waals surface area contributed by atoms with Gasteiger partial charge in [-0.15, -0.1) is 0 Å². The number of likely N-dealkylation sites (tertiary alicyclic amines) is 1. The van der Waals surface area contributed by atoms with Crippen LogP contribution in [-0.2, 0) is 4.79 Å². The van der Waals surface area contributed by atoms with E-state index < -0.39 is 11.5 Å². The Morgan fingerprint density at radius 3 is 2.25 bits per heavy atom. The molecule has 0 aromatic rings. The van der Waals surface area contributed by atoms with Crippen LogP contribution in [0.2, 0.25) is 0 Å². The van der Waals surface area contributed by atoms with Gasteiger partial charge in [0.1, 0.15) is 5.54 Å². The number of carbonyl (C=O) groups excluding carboxylic acids is 1. The van der Waals surface area contributed by atoms with Crippen molar-refractivity contribution in [3.8, 4) is 0 Å². The summed E-state index contributed by atoms with van der Waals surface area (Å²) in [6.45, 7) is 4.86. The van der Waals surface area contributed by atoms with Gasteiger partial charge in [0.2, 0.25) is 0 Å². The number of carbonyl (C=O) groups is 2. The monoisotopic (exact) mass is 283 g/mol. The first kappa shape index (κ1) is 15.1. The first-order chi connectivity index (χ1) is 9.35. The van der Waals surface area contributed by atoms with Crippen molar-refractivity contribution in [2.45, 2.75) is 44.6 Å². The van der Waals surface area contributed by atoms with Gasteiger partial charge in [-0.2, -0.15) is 0 Å². The van der Waals surface area contributed by atoms with Crippen molar-refractivity contribution in [3.63, 3.8) is 0 Å². The summed E-state index contributed by atoms with van der Waals surface area (Å²) in [4.78, 5) is 25.4. The minimum atomic E-state index is -1.03. The van der Waals surface area contributed by atoms with Gasteiger partial charge in [-0.05, 0) is 57.7 Å². The van der Waals surface area contributed by atoms with E-state index >= 15 is 0 Å². The minimum absolute atomic E-state index is 0.111. The molecule has 1 saturated carbocycles. The number of hydrogen-bond donors (Lipinski definition) is 3. The Balaban J connectivity index is 1.79. The molecule has 1 aliphatic heterocycles. The first-order valence-electron chi connectivity index (χ1n) is 7.33. The molecule has 2 aliphatic rings. The zero-order valence-corrected chi connectivity index (χ0v) is 12.4. The van der Waals surface area contributed by atoms with Crippen LogP contribution in [0.3, 0.4) is 0 Å². The fourth-order valence-corrected chi connectivity index (χ4v) is 2.81. The first-order valence-corrected chi connectivity index (χ1v) is 7.33. The van der Waals surface area contributed by atoms with Crippen molar-refractivity contribution in [2.24, 2.45) is 5.41 Å². The topological polar surface area (TPSA) is 81.7 Å². The van der Waals surface area contributed by atoms with Crippen LogP contribution in [-0.4, -0.2) is 54.2 Å². The molecule has 2 amide bonds. The predicted octanol–water partition coefficient (Wildman–Crippen LogP) is 1.02. The van der Waals surface area contributed by atoms with Crippen molar-refractivity contribution in [1.29, 1.82) is 0 Å². The average Bonchev–Trinajstić information content (AvgIpc) is 2.35. The highest BCUT2D eigenvalue weighted by atomic mass is 16.4. The van der Waals surface area contributed by atoms with Crippen molar-refractivity contribution >= 4 is 12.0 Å². The van der Waals surface area contributed by atoms with Crippen molar-refractivity contribution in [2.75, 3.05) is 26.7 Å². The number of rotatable bonds is 4. The molecule has 3 N–H and O–H groups in total. The Morgan fingerprint density at radius 1 is 1.20 bits per heavy atom. The molecule has 114 valence electrons. The summed E-state index contributed by atoms with van der Waals surface area (Å²) in [6.07, 6.45) is 4.01. The molecule has 0 aromatic heterocycles. The minimum Gasteiger partial charge on any atom is -0.480 e. The maximum absolute atomic E-state index is 11.9. The molecule has 1 aliphatic carbocycles. The number of nitrogens with zero attached hydrogens (tertiary/aromatic N) is 1. The van der Waals surface area contributed by atoms with Crippen LogP contribution in [0.1, 0.15) is 39.0 Å². The summed E-state index contributed by atoms with van der Waals surface area (Å²) in [6, 6.07) is -0.354. The van der Waals surface area contributed by atoms with Crippen LogP contribution >= 0.6 is 0 Å². The molecule has 2 rings (SSSR count). The third kappa shape index (κ3) is 3.23. The van der Waals surface area contributed by atoms with E-state index in [1.165, 1.54) is 0 Å². The number of nitrogens with one attached hydrogen (secondary N) is 2. The van der Waals surface area contributed by atoms with Gasteiger partial charge in [0.05, 0.1) is 0 Å². The molecule has 6 heteroatoms. The summed E-state index contributed by atoms with van der Waals surface area (Å²) in [7, 11) is 2.10. The number of piperidine rings is 1. The Labute approximate surface area is 119 Å². The Kier molecular flexibility index (Phi) is 4.22. The molecule has 0 spiro atoms. The lowest BCUT2D eigenvalue weighted by atomic mass is 9.77. The zero-order chi connectivity index (χ0) is 14.8. The van der Waals surface area contributed by atoms with E-state index in [1.807, 2.05) is 0 Å². The second-order valence-electron chi connectivity index (χ2n) is 6.66. The van der Waals surface area contributed by atoms with E-state index in [0.717, 1.165) is 32.4 Å². The van der Waals surface area contributed by atoms with Gasteiger partial charge in [0, 0.05) is 6.54 Å². The van der Waals surface area contributed by atoms with Crippen LogP contribution in [0.5, 0.6) is 0 Å². The molecule has 2 fully saturated rings. The fraction of sp³-hybridized carbons (Fsp3) is 0.857. The van der Waals surface area contributed by atoms with E-state index in [1.54, 1.807) is 0 Å². The average molecular weight is 283 g/mol. The van der Waals surface area contributed by atoms with E-state index in [-0.39, 0.29) is 11.4 Å². The lowest BCUT2D eigenvalue weighted by Gasteiger charge is -2.40. The summed E-state index contributed by atoms with van der Waals surface area (Å²) >= 11 is 0. The normalized spacial score (nSPS) is 24.5. The predicted molar refractivity (Wildman–Crippen MR) is 75.6 cm³/mol. The fourth-order valence-electron chi connectivity index (χ4n) is 2.81. The maximum Gasteiger partial charge on any atom is 0.329 e. The number of carboxylic acid groups (broad SMARTS) is 1. The standard InChI is InChI=1S/C14H25N3O3/c1-13(6-8-17(2)9-7-13)10-15-12(20)16-14(11(18)19)4-3-5-14/h3-10H2,1-2H3,(H,18,19)(H2,15,16,20). The maximum atomic E-state index is 11.9. The molecule has 20 heavy (non-hydrogen) atoms. The van der Waals surface area contributed by atoms with Gasteiger partial charge in [-0.1, -0.05) is 6.92 Å². The lowest BCUT2D eigenvalue weighted by molar-refractivity contribution is -0.148. The molecule has 1 heterocycles. The number of hydrogen-bond acceptors (Lipinski definition) is 3. The van der Waals surface area contributed by atoms with Crippen LogP contribution in [0.4, 0.5) is 4.79 Å². The van der Waals surface area contributed by atoms with Gasteiger partial charge in [-0.3, -0.25) is 0 Å². The summed E-state index contributed by atoms with van der Waals surface area (Å²) in [5.74, 6) is -0.926. The van der Waals surface area contributed by atoms with Gasteiger partial charge in [-0.25, -0.2) is 9.59 Å². The summed E-state index contributed by atoms with van der Waals surface area (Å²) in [5.41, 5.74) is -0.919. The number of carboxylic acids is 1. The Bertz CT molecular complexity index is 385. The number of amides is 2. The van der Waals surface area contributed by atoms with E-state index in [0.29, 0.717) is 19.4 Å². The summed E-state index contributed by atoms with van der Waals surface area (Å²) < 4.78 is 0. The van der Waals surface area contributed by atoms with Crippen LogP contribution < -0.4 is 10.6 Å². The van der Waals surface area contributed by atoms with Crippen LogP contribution in [0.25, 0.3) is 0 Å². The number of urea groups is 1. The number of aliphatic carboxylic acids is 1. The van der Waals surface area contributed by atoms with Gasteiger partial charge >= 0.3 is 12.0 Å². The Hall–Kier alpha value is -1.30. The molecule has 0 atom stereocenters. The quantitative estimate of drug-likeness (QED) is 0.719. The van der Waals surface area contributed by atoms with E-state index in [4.69, 9.17) is 0 Å². The van der Waals surface area contributed by atoms with E-state index in [9.17, 15) is 14.7 Å². The molecular formula is C14H25N3O3. The van der Waals surface area contributed by atoms with Crippen LogP contribution in [0, 0.1) is 5.41 Å². The molecule has 1 saturated heterocycles. The SMILES string of the molecule is CN1CCC(C)(CNC(=O)NC2(C(=O)O)CCC2)CC1. The van der Waals surface area contributed by atoms with E-state index in [2.05, 4.69) is 29.5 Å². The molecule has 0 bridgehead atoms. The van der Waals surface area contributed by atoms with Crippen molar-refractivity contribution in [3.05, 3.63) is 0 Å². The third-order valence-electron chi connectivity index (χ3n) is 4.84. The second-order valence-corrected chi connectivity index (χ2v) is 6.66. The lowest BCUT2D eigenvalue weighted by Crippen LogP contribution is -2.61. The summed E-state index contributed by atoms with van der Waals surface area (Å²) in [5, 5.41) is 14.7. The van der Waals surface area contributed by atoms with Gasteiger partial charge in [0.15, 0.2) is 0 Å². The zero-order valence-electron chi connectivity index (χ0n) is 12.4. The second kappa shape index (κ2) is 5.60. The highest BCUT2D eigenvalue weighted by molar-refractivity contribution is 5.87. The van der Waals surface area contributed by atoms with Crippen molar-refractivity contribution < 1.29 is 14.7 Å². The molecule has 0 radical (unpaired) electrons. The molecule has 6 nitrogen and oxygen atoms in total. The molecular weight excluding hydrogens is 258 g/mol. The molecule has 0 aromatic carbocycles. The largest absolute Gasteiger partial charge is 0.480 e. The smallest absolute Gasteiger partial charge is 0.329 e. The highest BCUT2D eigenvalue weighted by Gasteiger charge is 2.45. The van der Waals surface area contributed by atoms with Gasteiger partial charge in [0.25, 0.3) is 0 Å². The third-order valence-corrected chi connectivity index (χ3v) is 4.84. The molecule has 0 unspecified atom stereocenters. The van der Waals surface area contributed by atoms with Crippen molar-refractivity contribution in [1.82, 2.24) is 15.5 Å². The Morgan fingerprint density at radius 2 is 1.80 bits per heavy atom. The van der Waals surface area contributed by atoms with Gasteiger partial charge < -0.3 is 20.6 Å². The highest BCUT2D eigenvalue weighted by Crippen LogP contribution is 2.32.